The predicted octanol–water partition coefficient (Wildman–Crippen LogP) is 5.07. The summed E-state index contributed by atoms with van der Waals surface area (Å²) in [4.78, 5) is 4.74. The second kappa shape index (κ2) is 4.85. The maximum Gasteiger partial charge on any atom is 0.125 e. The van der Waals surface area contributed by atoms with Crippen molar-refractivity contribution in [2.24, 2.45) is 0 Å². The van der Waals surface area contributed by atoms with E-state index in [1.807, 2.05) is 42.5 Å². The molecule has 0 atom stereocenters. The van der Waals surface area contributed by atoms with Crippen LogP contribution in [0.15, 0.2) is 66.7 Å². The van der Waals surface area contributed by atoms with Crippen LogP contribution in [-0.4, -0.2) is 10.1 Å². The topological polar surface area (TPSA) is 33.1 Å². The minimum Gasteiger partial charge on any atom is -0.507 e. The highest BCUT2D eigenvalue weighted by atomic mass is 16.3. The van der Waals surface area contributed by atoms with Crippen molar-refractivity contribution < 1.29 is 5.11 Å². The van der Waals surface area contributed by atoms with E-state index < -0.39 is 0 Å². The number of aryl methyl sites for hydroxylation is 1. The number of aromatic nitrogens is 1. The Kier molecular flexibility index (Phi) is 2.83. The number of phenols is 1. The quantitative estimate of drug-likeness (QED) is 0.529. The maximum absolute atomic E-state index is 10.3. The van der Waals surface area contributed by atoms with Crippen molar-refractivity contribution >= 4 is 21.7 Å². The number of pyridine rings is 1. The lowest BCUT2D eigenvalue weighted by Gasteiger charge is -2.10. The summed E-state index contributed by atoms with van der Waals surface area (Å²) in [7, 11) is 0. The minimum atomic E-state index is 0.262. The van der Waals surface area contributed by atoms with E-state index in [1.54, 1.807) is 6.07 Å². The highest BCUT2D eigenvalue weighted by molar-refractivity contribution is 5.99. The number of hydrogen-bond donors (Lipinski definition) is 1. The first kappa shape index (κ1) is 12.8. The largest absolute Gasteiger partial charge is 0.507 e. The van der Waals surface area contributed by atoms with E-state index >= 15 is 0 Å². The Hall–Kier alpha value is -2.87. The van der Waals surface area contributed by atoms with Crippen LogP contribution in [0.3, 0.4) is 0 Å². The van der Waals surface area contributed by atoms with E-state index in [0.717, 1.165) is 32.9 Å². The molecule has 0 aliphatic rings. The van der Waals surface area contributed by atoms with Gasteiger partial charge in [0.25, 0.3) is 0 Å². The molecule has 0 spiro atoms. The van der Waals surface area contributed by atoms with Crippen LogP contribution in [0.4, 0.5) is 0 Å². The van der Waals surface area contributed by atoms with Gasteiger partial charge in [0.1, 0.15) is 5.75 Å². The Morgan fingerprint density at radius 2 is 1.64 bits per heavy atom. The van der Waals surface area contributed by atoms with Gasteiger partial charge in [-0.2, -0.15) is 0 Å². The SMILES string of the molecule is Cc1ccc2nc(-c3c(O)ccc4ccccc34)ccc2c1. The summed E-state index contributed by atoms with van der Waals surface area (Å²) in [5.41, 5.74) is 3.75. The molecule has 2 nitrogen and oxygen atoms in total. The maximum atomic E-state index is 10.3. The highest BCUT2D eigenvalue weighted by Gasteiger charge is 2.11. The average molecular weight is 285 g/mol. The molecular formula is C20H15NO. The number of hydrogen-bond acceptors (Lipinski definition) is 2. The molecule has 1 aromatic heterocycles. The molecule has 1 heterocycles. The molecule has 0 aliphatic carbocycles. The van der Waals surface area contributed by atoms with Gasteiger partial charge in [-0.1, -0.05) is 48.0 Å². The Balaban J connectivity index is 2.02. The molecule has 0 saturated carbocycles. The molecule has 1 N–H and O–H groups in total. The van der Waals surface area contributed by atoms with Gasteiger partial charge in [-0.05, 0) is 42.0 Å². The summed E-state index contributed by atoms with van der Waals surface area (Å²) in [5.74, 6) is 0.262. The third kappa shape index (κ3) is 2.01. The molecule has 106 valence electrons. The zero-order valence-electron chi connectivity index (χ0n) is 12.2. The number of fused-ring (bicyclic) bond motifs is 2. The normalized spacial score (nSPS) is 11.1. The van der Waals surface area contributed by atoms with Gasteiger partial charge in [-0.15, -0.1) is 0 Å². The Morgan fingerprint density at radius 1 is 0.818 bits per heavy atom. The van der Waals surface area contributed by atoms with Gasteiger partial charge in [-0.25, -0.2) is 4.98 Å². The second-order valence-electron chi connectivity index (χ2n) is 5.57. The number of rotatable bonds is 1. The van der Waals surface area contributed by atoms with Crippen molar-refractivity contribution in [2.75, 3.05) is 0 Å². The molecule has 0 radical (unpaired) electrons. The van der Waals surface area contributed by atoms with E-state index in [1.165, 1.54) is 5.56 Å². The van der Waals surface area contributed by atoms with Gasteiger partial charge in [0, 0.05) is 10.9 Å². The van der Waals surface area contributed by atoms with Crippen LogP contribution in [0.1, 0.15) is 5.56 Å². The van der Waals surface area contributed by atoms with Crippen molar-refractivity contribution in [3.8, 4) is 17.0 Å². The fourth-order valence-electron chi connectivity index (χ4n) is 2.91. The van der Waals surface area contributed by atoms with Crippen molar-refractivity contribution in [3.63, 3.8) is 0 Å². The smallest absolute Gasteiger partial charge is 0.125 e. The van der Waals surface area contributed by atoms with E-state index in [-0.39, 0.29) is 5.75 Å². The van der Waals surface area contributed by atoms with Crippen LogP contribution < -0.4 is 0 Å². The van der Waals surface area contributed by atoms with Crippen LogP contribution >= 0.6 is 0 Å². The first-order valence-corrected chi connectivity index (χ1v) is 7.31. The van der Waals surface area contributed by atoms with E-state index in [0.29, 0.717) is 0 Å². The van der Waals surface area contributed by atoms with Crippen molar-refractivity contribution in [3.05, 3.63) is 72.3 Å². The number of nitrogens with zero attached hydrogens (tertiary/aromatic N) is 1. The summed E-state index contributed by atoms with van der Waals surface area (Å²) >= 11 is 0. The lowest BCUT2D eigenvalue weighted by atomic mass is 10.00. The standard InChI is InChI=1S/C20H15NO/c1-13-6-9-17-15(12-13)7-10-18(21-17)20-16-5-3-2-4-14(16)8-11-19(20)22/h2-12,22H,1H3. The lowest BCUT2D eigenvalue weighted by molar-refractivity contribution is 0.478. The molecule has 0 aliphatic heterocycles. The molecule has 4 aromatic rings. The number of benzene rings is 3. The third-order valence-electron chi connectivity index (χ3n) is 4.01. The molecule has 0 bridgehead atoms. The van der Waals surface area contributed by atoms with Crippen molar-refractivity contribution in [2.45, 2.75) is 6.92 Å². The van der Waals surface area contributed by atoms with Crippen molar-refractivity contribution in [1.29, 1.82) is 0 Å². The summed E-state index contributed by atoms with van der Waals surface area (Å²) in [6.45, 7) is 2.07. The fourth-order valence-corrected chi connectivity index (χ4v) is 2.91. The average Bonchev–Trinajstić information content (AvgIpc) is 2.54. The van der Waals surface area contributed by atoms with Gasteiger partial charge in [0.2, 0.25) is 0 Å². The number of aromatic hydroxyl groups is 1. The van der Waals surface area contributed by atoms with Gasteiger partial charge < -0.3 is 5.11 Å². The van der Waals surface area contributed by atoms with E-state index in [9.17, 15) is 5.11 Å². The summed E-state index contributed by atoms with van der Waals surface area (Å²) < 4.78 is 0. The Labute approximate surface area is 128 Å². The summed E-state index contributed by atoms with van der Waals surface area (Å²) in [5, 5.41) is 13.6. The van der Waals surface area contributed by atoms with E-state index in [4.69, 9.17) is 4.98 Å². The van der Waals surface area contributed by atoms with Crippen LogP contribution in [0.25, 0.3) is 32.9 Å². The summed E-state index contributed by atoms with van der Waals surface area (Å²) in [6.07, 6.45) is 0. The molecule has 0 amide bonds. The Morgan fingerprint density at radius 3 is 2.55 bits per heavy atom. The number of phenolic OH excluding ortho intramolecular Hbond substituents is 1. The zero-order chi connectivity index (χ0) is 15.1. The highest BCUT2D eigenvalue weighted by Crippen LogP contribution is 2.35. The molecule has 0 unspecified atom stereocenters. The third-order valence-corrected chi connectivity index (χ3v) is 4.01. The van der Waals surface area contributed by atoms with Crippen LogP contribution in [0, 0.1) is 6.92 Å². The van der Waals surface area contributed by atoms with E-state index in [2.05, 4.69) is 25.1 Å². The monoisotopic (exact) mass is 285 g/mol. The first-order valence-electron chi connectivity index (χ1n) is 7.31. The van der Waals surface area contributed by atoms with Crippen LogP contribution in [-0.2, 0) is 0 Å². The lowest BCUT2D eigenvalue weighted by Crippen LogP contribution is -1.88. The molecule has 4 rings (SSSR count). The minimum absolute atomic E-state index is 0.262. The molecule has 0 saturated heterocycles. The van der Waals surface area contributed by atoms with Gasteiger partial charge in [-0.3, -0.25) is 0 Å². The molecular weight excluding hydrogens is 270 g/mol. The summed E-state index contributed by atoms with van der Waals surface area (Å²) in [6, 6.07) is 21.9. The van der Waals surface area contributed by atoms with Gasteiger partial charge in [0.15, 0.2) is 0 Å². The van der Waals surface area contributed by atoms with Gasteiger partial charge >= 0.3 is 0 Å². The Bertz CT molecular complexity index is 1000. The van der Waals surface area contributed by atoms with Gasteiger partial charge in [0.05, 0.1) is 11.2 Å². The zero-order valence-corrected chi connectivity index (χ0v) is 12.2. The fraction of sp³-hybridized carbons (Fsp3) is 0.0500. The van der Waals surface area contributed by atoms with Crippen molar-refractivity contribution in [1.82, 2.24) is 4.98 Å². The molecule has 2 heteroatoms. The van der Waals surface area contributed by atoms with Crippen LogP contribution in [0.5, 0.6) is 5.75 Å². The molecule has 0 fully saturated rings. The second-order valence-corrected chi connectivity index (χ2v) is 5.57. The first-order chi connectivity index (χ1) is 10.7. The molecule has 3 aromatic carbocycles. The van der Waals surface area contributed by atoms with Crippen LogP contribution in [0.2, 0.25) is 0 Å². The predicted molar refractivity (Wildman–Crippen MR) is 91.1 cm³/mol. The molecule has 22 heavy (non-hydrogen) atoms.